The molecule has 1 aromatic heterocycles. The summed E-state index contributed by atoms with van der Waals surface area (Å²) < 4.78 is 1.77. The number of hydrazine groups is 1. The molecule has 0 bridgehead atoms. The average Bonchev–Trinajstić information content (AvgIpc) is 2.56. The summed E-state index contributed by atoms with van der Waals surface area (Å²) in [5.74, 6) is -0.573. The van der Waals surface area contributed by atoms with E-state index in [-0.39, 0.29) is 12.2 Å². The van der Waals surface area contributed by atoms with Crippen LogP contribution in [0.4, 0.5) is 11.5 Å². The van der Waals surface area contributed by atoms with Gasteiger partial charge in [-0.3, -0.25) is 29.6 Å². The van der Waals surface area contributed by atoms with Gasteiger partial charge in [-0.05, 0) is 10.7 Å². The van der Waals surface area contributed by atoms with E-state index in [1.165, 1.54) is 14.1 Å². The molecule has 2 aromatic rings. The van der Waals surface area contributed by atoms with Crippen molar-refractivity contribution < 1.29 is 4.79 Å². The topological polar surface area (TPSA) is 115 Å². The number of rotatable bonds is 5. The summed E-state index contributed by atoms with van der Waals surface area (Å²) in [7, 11) is 2.58. The third kappa shape index (κ3) is 3.34. The summed E-state index contributed by atoms with van der Waals surface area (Å²) in [5, 5.41) is 2.64. The van der Waals surface area contributed by atoms with Crippen molar-refractivity contribution in [2.45, 2.75) is 6.42 Å². The summed E-state index contributed by atoms with van der Waals surface area (Å²) in [6, 6.07) is 9.00. The van der Waals surface area contributed by atoms with Crippen molar-refractivity contribution in [1.82, 2.24) is 14.6 Å². The van der Waals surface area contributed by atoms with Crippen LogP contribution in [-0.2, 0) is 25.3 Å². The fraction of sp³-hybridized carbons (Fsp3) is 0.214. The lowest BCUT2D eigenvalue weighted by Crippen LogP contribution is -2.40. The first-order valence-electron chi connectivity index (χ1n) is 6.68. The highest BCUT2D eigenvalue weighted by Gasteiger charge is 2.17. The number of hydrogen-bond donors (Lipinski definition) is 2. The molecule has 0 fully saturated rings. The van der Waals surface area contributed by atoms with E-state index in [0.717, 1.165) is 14.7 Å². The number of nitrogens with zero attached hydrogens (tertiary/aromatic N) is 3. The minimum absolute atomic E-state index is 0.0937. The summed E-state index contributed by atoms with van der Waals surface area (Å²) >= 11 is 0. The zero-order valence-electron chi connectivity index (χ0n) is 12.6. The minimum Gasteiger partial charge on any atom is -0.281 e. The maximum atomic E-state index is 11.9. The fourth-order valence-corrected chi connectivity index (χ4v) is 2.01. The van der Waals surface area contributed by atoms with Gasteiger partial charge in [0, 0.05) is 14.1 Å². The van der Waals surface area contributed by atoms with Gasteiger partial charge < -0.3 is 0 Å². The van der Waals surface area contributed by atoms with Crippen LogP contribution in [0, 0.1) is 4.91 Å². The van der Waals surface area contributed by atoms with Crippen LogP contribution in [0.1, 0.15) is 5.56 Å². The number of hydrogen-bond acceptors (Lipinski definition) is 6. The average molecular weight is 317 g/mol. The number of anilines is 1. The molecular formula is C14H15N5O4. The summed E-state index contributed by atoms with van der Waals surface area (Å²) in [5.41, 5.74) is 3.56. The van der Waals surface area contributed by atoms with Gasteiger partial charge in [0.1, 0.15) is 0 Å². The molecule has 2 N–H and O–H groups in total. The van der Waals surface area contributed by atoms with Crippen LogP contribution < -0.4 is 22.1 Å². The summed E-state index contributed by atoms with van der Waals surface area (Å²) in [4.78, 5) is 46.4. The first kappa shape index (κ1) is 16.1. The Morgan fingerprint density at radius 3 is 2.39 bits per heavy atom. The Morgan fingerprint density at radius 2 is 1.78 bits per heavy atom. The van der Waals surface area contributed by atoms with Crippen molar-refractivity contribution in [3.05, 3.63) is 61.6 Å². The number of nitroso groups, excluding NO2 is 1. The molecule has 1 aromatic carbocycles. The van der Waals surface area contributed by atoms with Crippen LogP contribution in [0.5, 0.6) is 0 Å². The number of carbonyl (C=O) groups excluding carboxylic acids is 1. The molecule has 1 amide bonds. The molecule has 9 heteroatoms. The Kier molecular flexibility index (Phi) is 4.69. The van der Waals surface area contributed by atoms with Crippen molar-refractivity contribution >= 4 is 17.4 Å². The zero-order valence-corrected chi connectivity index (χ0v) is 12.6. The van der Waals surface area contributed by atoms with Gasteiger partial charge in [-0.15, -0.1) is 4.91 Å². The van der Waals surface area contributed by atoms with E-state index < -0.39 is 22.8 Å². The first-order chi connectivity index (χ1) is 11.0. The van der Waals surface area contributed by atoms with E-state index in [1.807, 2.05) is 6.07 Å². The first-order valence-corrected chi connectivity index (χ1v) is 6.68. The van der Waals surface area contributed by atoms with Crippen LogP contribution in [0.15, 0.2) is 45.1 Å². The molecule has 9 nitrogen and oxygen atoms in total. The Hall–Kier alpha value is -3.23. The van der Waals surface area contributed by atoms with Crippen molar-refractivity contribution in [3.63, 3.8) is 0 Å². The van der Waals surface area contributed by atoms with Crippen LogP contribution >= 0.6 is 0 Å². The predicted octanol–water partition coefficient (Wildman–Crippen LogP) is 0.168. The van der Waals surface area contributed by atoms with Crippen molar-refractivity contribution in [2.75, 3.05) is 5.43 Å². The normalized spacial score (nSPS) is 10.2. The molecule has 0 aliphatic carbocycles. The van der Waals surface area contributed by atoms with E-state index >= 15 is 0 Å². The van der Waals surface area contributed by atoms with Gasteiger partial charge in [-0.2, -0.15) is 0 Å². The lowest BCUT2D eigenvalue weighted by atomic mass is 10.1. The summed E-state index contributed by atoms with van der Waals surface area (Å²) in [6.45, 7) is 0. The van der Waals surface area contributed by atoms with Crippen molar-refractivity contribution in [2.24, 2.45) is 19.3 Å². The van der Waals surface area contributed by atoms with Crippen LogP contribution in [-0.4, -0.2) is 15.0 Å². The molecule has 0 unspecified atom stereocenters. The Labute approximate surface area is 130 Å². The highest BCUT2D eigenvalue weighted by atomic mass is 16.3. The van der Waals surface area contributed by atoms with E-state index in [0.29, 0.717) is 0 Å². The largest absolute Gasteiger partial charge is 0.332 e. The molecule has 0 aliphatic rings. The highest BCUT2D eigenvalue weighted by Crippen LogP contribution is 2.15. The molecule has 0 aliphatic heterocycles. The van der Waals surface area contributed by atoms with E-state index in [4.69, 9.17) is 0 Å². The van der Waals surface area contributed by atoms with Crippen molar-refractivity contribution in [1.29, 1.82) is 0 Å². The Balaban J connectivity index is 2.21. The van der Waals surface area contributed by atoms with Gasteiger partial charge in [0.2, 0.25) is 11.6 Å². The van der Waals surface area contributed by atoms with Gasteiger partial charge in [-0.25, -0.2) is 4.79 Å². The Bertz CT molecular complexity index is 854. The van der Waals surface area contributed by atoms with Crippen molar-refractivity contribution in [3.8, 4) is 0 Å². The molecule has 0 saturated carbocycles. The number of amides is 1. The van der Waals surface area contributed by atoms with Gasteiger partial charge in [0.05, 0.1) is 6.42 Å². The van der Waals surface area contributed by atoms with Crippen LogP contribution in [0.25, 0.3) is 0 Å². The zero-order chi connectivity index (χ0) is 17.0. The maximum Gasteiger partial charge on any atom is 0.332 e. The molecule has 0 saturated heterocycles. The summed E-state index contributed by atoms with van der Waals surface area (Å²) in [6.07, 6.45) is 0.0937. The third-order valence-electron chi connectivity index (χ3n) is 3.26. The smallest absolute Gasteiger partial charge is 0.281 e. The van der Waals surface area contributed by atoms with E-state index in [2.05, 4.69) is 16.0 Å². The number of nitrogens with one attached hydrogen (secondary N) is 2. The van der Waals surface area contributed by atoms with Gasteiger partial charge in [-0.1, -0.05) is 30.3 Å². The number of aromatic nitrogens is 2. The molecule has 120 valence electrons. The lowest BCUT2D eigenvalue weighted by Gasteiger charge is -2.14. The maximum absolute atomic E-state index is 11.9. The number of carbonyl (C=O) groups is 1. The van der Waals surface area contributed by atoms with E-state index in [9.17, 15) is 19.3 Å². The fourth-order valence-electron chi connectivity index (χ4n) is 2.01. The lowest BCUT2D eigenvalue weighted by molar-refractivity contribution is -0.119. The number of benzene rings is 1. The molecule has 2 rings (SSSR count). The molecule has 0 atom stereocenters. The van der Waals surface area contributed by atoms with Crippen LogP contribution in [0.2, 0.25) is 0 Å². The van der Waals surface area contributed by atoms with Gasteiger partial charge >= 0.3 is 5.69 Å². The second-order valence-corrected chi connectivity index (χ2v) is 4.83. The quantitative estimate of drug-likeness (QED) is 0.602. The minimum atomic E-state index is -0.845. The molecular weight excluding hydrogens is 302 g/mol. The monoisotopic (exact) mass is 317 g/mol. The van der Waals surface area contributed by atoms with Gasteiger partial charge in [0.25, 0.3) is 5.56 Å². The standard InChI is InChI=1S/C14H15N5O4/c1-18-12(11(17-23)13(21)19(2)14(18)22)16-15-10(20)8-9-6-4-3-5-7-9/h3-7,16H,8H2,1-2H3,(H,15,20). The molecule has 1 heterocycles. The van der Waals surface area contributed by atoms with Gasteiger partial charge in [0.15, 0.2) is 5.82 Å². The molecule has 0 radical (unpaired) electrons. The van der Waals surface area contributed by atoms with E-state index in [1.54, 1.807) is 24.3 Å². The molecule has 23 heavy (non-hydrogen) atoms. The highest BCUT2D eigenvalue weighted by molar-refractivity contribution is 5.80. The second kappa shape index (κ2) is 6.69. The molecule has 0 spiro atoms. The Morgan fingerprint density at radius 1 is 1.13 bits per heavy atom. The SMILES string of the molecule is Cn1c(NNC(=O)Cc2ccccc2)c(N=O)c(=O)n(C)c1=O. The third-order valence-corrected chi connectivity index (χ3v) is 3.26. The van der Waals surface area contributed by atoms with Crippen LogP contribution in [0.3, 0.4) is 0 Å². The predicted molar refractivity (Wildman–Crippen MR) is 84.3 cm³/mol. The second-order valence-electron chi connectivity index (χ2n) is 4.83.